The van der Waals surface area contributed by atoms with Gasteiger partial charge in [0.1, 0.15) is 5.76 Å². The molecule has 120 valence electrons. The van der Waals surface area contributed by atoms with Crippen LogP contribution in [0.2, 0.25) is 0 Å². The van der Waals surface area contributed by atoms with Crippen molar-refractivity contribution in [1.29, 1.82) is 0 Å². The Hall–Kier alpha value is -2.08. The minimum absolute atomic E-state index is 0.115. The maximum atomic E-state index is 12.0. The second-order valence-corrected chi connectivity index (χ2v) is 6.73. The summed E-state index contributed by atoms with van der Waals surface area (Å²) in [5, 5.41) is 4.04. The molecule has 1 fully saturated rings. The largest absolute Gasteiger partial charge is 0.467 e. The number of likely N-dealkylation sites (tertiary alicyclic amines) is 1. The van der Waals surface area contributed by atoms with E-state index in [2.05, 4.69) is 16.3 Å². The zero-order valence-electron chi connectivity index (χ0n) is 12.8. The number of aromatic nitrogens is 1. The van der Waals surface area contributed by atoms with Crippen molar-refractivity contribution in [2.45, 2.75) is 25.4 Å². The summed E-state index contributed by atoms with van der Waals surface area (Å²) in [7, 11) is 0. The van der Waals surface area contributed by atoms with Gasteiger partial charge in [0, 0.05) is 37.3 Å². The van der Waals surface area contributed by atoms with Gasteiger partial charge in [-0.1, -0.05) is 6.07 Å². The van der Waals surface area contributed by atoms with Crippen LogP contribution in [0.25, 0.3) is 0 Å². The highest BCUT2D eigenvalue weighted by molar-refractivity contribution is 7.80. The van der Waals surface area contributed by atoms with Gasteiger partial charge < -0.3 is 19.2 Å². The fraction of sp³-hybridized carbons (Fsp3) is 0.412. The van der Waals surface area contributed by atoms with Gasteiger partial charge in [-0.05, 0) is 42.8 Å². The van der Waals surface area contributed by atoms with E-state index in [0.29, 0.717) is 18.4 Å². The van der Waals surface area contributed by atoms with Crippen molar-refractivity contribution in [3.8, 4) is 0 Å². The maximum Gasteiger partial charge on any atom is 0.250 e. The van der Waals surface area contributed by atoms with E-state index in [1.54, 1.807) is 12.3 Å². The minimum Gasteiger partial charge on any atom is -0.467 e. The highest BCUT2D eigenvalue weighted by atomic mass is 32.1. The molecule has 0 radical (unpaired) electrons. The van der Waals surface area contributed by atoms with Gasteiger partial charge in [0.05, 0.1) is 12.8 Å². The molecule has 6 heteroatoms. The van der Waals surface area contributed by atoms with Gasteiger partial charge in [-0.15, -0.1) is 0 Å². The van der Waals surface area contributed by atoms with Crippen LogP contribution in [0.3, 0.4) is 0 Å². The maximum absolute atomic E-state index is 12.0. The number of hydrogen-bond donors (Lipinski definition) is 1. The first kappa shape index (κ1) is 14.5. The first-order chi connectivity index (χ1) is 11.2. The molecular formula is C17H19N3O2S. The van der Waals surface area contributed by atoms with Crippen molar-refractivity contribution in [1.82, 2.24) is 14.8 Å². The Morgan fingerprint density at radius 2 is 2.17 bits per heavy atom. The molecule has 4 heterocycles. The molecule has 0 aliphatic carbocycles. The number of nitrogens with zero attached hydrogens (tertiary/aromatic N) is 2. The standard InChI is InChI=1S/C17H19N3O2S/c21-16-5-1-4-15-13-7-12(10-20(15)16)9-19(11-13)17(23)18-8-14-3-2-6-22-14/h1-6,12-13H,7-11H2,(H,18,23)/t12-,13-/m1/s1. The molecule has 2 bridgehead atoms. The van der Waals surface area contributed by atoms with E-state index in [1.807, 2.05) is 22.8 Å². The van der Waals surface area contributed by atoms with Gasteiger partial charge in [0.25, 0.3) is 5.56 Å². The Bertz CT molecular complexity index is 768. The van der Waals surface area contributed by atoms with Crippen molar-refractivity contribution in [3.05, 3.63) is 58.4 Å². The van der Waals surface area contributed by atoms with E-state index in [1.165, 1.54) is 0 Å². The van der Waals surface area contributed by atoms with Crippen LogP contribution in [0.4, 0.5) is 0 Å². The summed E-state index contributed by atoms with van der Waals surface area (Å²) in [6.07, 6.45) is 2.81. The SMILES string of the molecule is O=c1cccc2n1C[C@@H]1C[C@@H]2CN(C(=S)NCc2ccco2)C1. The molecule has 2 aromatic rings. The normalized spacial score (nSPS) is 22.5. The number of pyridine rings is 1. The molecular weight excluding hydrogens is 310 g/mol. The van der Waals surface area contributed by atoms with Crippen LogP contribution >= 0.6 is 12.2 Å². The van der Waals surface area contributed by atoms with Crippen molar-refractivity contribution >= 4 is 17.3 Å². The van der Waals surface area contributed by atoms with Crippen molar-refractivity contribution < 1.29 is 4.42 Å². The minimum atomic E-state index is 0.115. The Morgan fingerprint density at radius 1 is 1.26 bits per heavy atom. The first-order valence-corrected chi connectivity index (χ1v) is 8.36. The predicted octanol–water partition coefficient (Wildman–Crippen LogP) is 1.94. The lowest BCUT2D eigenvalue weighted by molar-refractivity contribution is 0.177. The number of thiocarbonyl (C=S) groups is 1. The molecule has 2 aliphatic heterocycles. The molecule has 5 nitrogen and oxygen atoms in total. The van der Waals surface area contributed by atoms with Gasteiger partial charge in [0.2, 0.25) is 0 Å². The van der Waals surface area contributed by atoms with Crippen LogP contribution < -0.4 is 10.9 Å². The average molecular weight is 329 g/mol. The lowest BCUT2D eigenvalue weighted by Crippen LogP contribution is -2.51. The lowest BCUT2D eigenvalue weighted by atomic mass is 9.83. The number of piperidine rings is 1. The second kappa shape index (κ2) is 5.85. The van der Waals surface area contributed by atoms with Gasteiger partial charge in [-0.3, -0.25) is 4.79 Å². The van der Waals surface area contributed by atoms with Crippen LogP contribution in [0, 0.1) is 5.92 Å². The van der Waals surface area contributed by atoms with Gasteiger partial charge in [0.15, 0.2) is 5.11 Å². The summed E-state index contributed by atoms with van der Waals surface area (Å²) in [5.41, 5.74) is 1.26. The third-order valence-corrected chi connectivity index (χ3v) is 5.16. The molecule has 1 saturated heterocycles. The van der Waals surface area contributed by atoms with Crippen molar-refractivity contribution in [2.24, 2.45) is 5.92 Å². The summed E-state index contributed by atoms with van der Waals surface area (Å²) in [5.74, 6) is 1.73. The molecule has 0 saturated carbocycles. The van der Waals surface area contributed by atoms with E-state index >= 15 is 0 Å². The zero-order chi connectivity index (χ0) is 15.8. The van der Waals surface area contributed by atoms with Gasteiger partial charge in [-0.2, -0.15) is 0 Å². The topological polar surface area (TPSA) is 50.4 Å². The Balaban J connectivity index is 1.47. The van der Waals surface area contributed by atoms with E-state index in [4.69, 9.17) is 16.6 Å². The highest BCUT2D eigenvalue weighted by Gasteiger charge is 2.35. The van der Waals surface area contributed by atoms with Crippen molar-refractivity contribution in [3.63, 3.8) is 0 Å². The van der Waals surface area contributed by atoms with E-state index in [9.17, 15) is 4.79 Å². The third kappa shape index (κ3) is 2.79. The van der Waals surface area contributed by atoms with Crippen LogP contribution in [0.1, 0.15) is 23.8 Å². The molecule has 1 N–H and O–H groups in total. The molecule has 2 atom stereocenters. The highest BCUT2D eigenvalue weighted by Crippen LogP contribution is 2.34. The molecule has 23 heavy (non-hydrogen) atoms. The van der Waals surface area contributed by atoms with E-state index in [-0.39, 0.29) is 5.56 Å². The van der Waals surface area contributed by atoms with Crippen LogP contribution in [-0.4, -0.2) is 27.7 Å². The second-order valence-electron chi connectivity index (χ2n) is 6.34. The summed E-state index contributed by atoms with van der Waals surface area (Å²) < 4.78 is 7.27. The quantitative estimate of drug-likeness (QED) is 0.853. The molecule has 0 amide bonds. The molecule has 0 unspecified atom stereocenters. The predicted molar refractivity (Wildman–Crippen MR) is 91.3 cm³/mol. The summed E-state index contributed by atoms with van der Waals surface area (Å²) >= 11 is 5.55. The van der Waals surface area contributed by atoms with Crippen LogP contribution in [0.5, 0.6) is 0 Å². The fourth-order valence-corrected chi connectivity index (χ4v) is 3.97. The van der Waals surface area contributed by atoms with E-state index in [0.717, 1.165) is 42.6 Å². The lowest BCUT2D eigenvalue weighted by Gasteiger charge is -2.43. The molecule has 2 aromatic heterocycles. The Kier molecular flexibility index (Phi) is 3.69. The summed E-state index contributed by atoms with van der Waals surface area (Å²) in [4.78, 5) is 14.3. The molecule has 2 aliphatic rings. The Labute approximate surface area is 139 Å². The number of furan rings is 1. The average Bonchev–Trinajstić information content (AvgIpc) is 3.07. The fourth-order valence-electron chi connectivity index (χ4n) is 3.75. The molecule has 0 spiro atoms. The number of rotatable bonds is 2. The molecule has 0 aromatic carbocycles. The number of nitrogens with one attached hydrogen (secondary N) is 1. The first-order valence-electron chi connectivity index (χ1n) is 7.95. The number of fused-ring (bicyclic) bond motifs is 4. The van der Waals surface area contributed by atoms with Crippen LogP contribution in [-0.2, 0) is 13.1 Å². The summed E-state index contributed by atoms with van der Waals surface area (Å²) in [6.45, 7) is 3.17. The third-order valence-electron chi connectivity index (χ3n) is 4.76. The van der Waals surface area contributed by atoms with Crippen molar-refractivity contribution in [2.75, 3.05) is 13.1 Å². The van der Waals surface area contributed by atoms with Gasteiger partial charge in [-0.25, -0.2) is 0 Å². The zero-order valence-corrected chi connectivity index (χ0v) is 13.6. The monoisotopic (exact) mass is 329 g/mol. The van der Waals surface area contributed by atoms with Crippen LogP contribution in [0.15, 0.2) is 45.8 Å². The van der Waals surface area contributed by atoms with E-state index < -0.39 is 0 Å². The number of hydrogen-bond acceptors (Lipinski definition) is 3. The molecule has 4 rings (SSSR count). The smallest absolute Gasteiger partial charge is 0.250 e. The van der Waals surface area contributed by atoms with Gasteiger partial charge >= 0.3 is 0 Å². The Morgan fingerprint density at radius 3 is 3.00 bits per heavy atom. The summed E-state index contributed by atoms with van der Waals surface area (Å²) in [6, 6.07) is 9.40.